The van der Waals surface area contributed by atoms with Gasteiger partial charge in [0.25, 0.3) is 0 Å². The maximum atomic E-state index is 12.1. The van der Waals surface area contributed by atoms with E-state index >= 15 is 0 Å². The van der Waals surface area contributed by atoms with Crippen LogP contribution >= 0.6 is 11.3 Å². The highest BCUT2D eigenvalue weighted by Gasteiger charge is 2.11. The summed E-state index contributed by atoms with van der Waals surface area (Å²) in [7, 11) is 2.01. The van der Waals surface area contributed by atoms with Gasteiger partial charge in [0.2, 0.25) is 5.91 Å². The molecule has 1 amide bonds. The lowest BCUT2D eigenvalue weighted by Gasteiger charge is -2.20. The molecule has 3 aromatic rings. The number of nitrogen functional groups attached to an aromatic ring is 1. The number of nitrogens with zero attached hydrogens (tertiary/aromatic N) is 2. The Bertz CT molecular complexity index is 912. The summed E-state index contributed by atoms with van der Waals surface area (Å²) < 4.78 is 0. The fourth-order valence-corrected chi connectivity index (χ4v) is 3.69. The minimum absolute atomic E-state index is 0.0870. The van der Waals surface area contributed by atoms with Crippen molar-refractivity contribution < 1.29 is 9.90 Å². The number of aliphatic hydroxyl groups is 1. The molecule has 1 aromatic heterocycles. The highest BCUT2D eigenvalue weighted by Crippen LogP contribution is 2.17. The molecule has 4 N–H and O–H groups in total. The van der Waals surface area contributed by atoms with E-state index in [0.717, 1.165) is 29.1 Å². The summed E-state index contributed by atoms with van der Waals surface area (Å²) in [6, 6.07) is 17.5. The third-order valence-corrected chi connectivity index (χ3v) is 5.42. The Balaban J connectivity index is 1.43. The highest BCUT2D eigenvalue weighted by atomic mass is 32.1. The molecule has 0 fully saturated rings. The summed E-state index contributed by atoms with van der Waals surface area (Å²) in [6.07, 6.45) is 2.28. The van der Waals surface area contributed by atoms with Crippen molar-refractivity contribution in [3.63, 3.8) is 0 Å². The Morgan fingerprint density at radius 2 is 1.93 bits per heavy atom. The van der Waals surface area contributed by atoms with Crippen molar-refractivity contribution in [3.8, 4) is 0 Å². The van der Waals surface area contributed by atoms with Crippen molar-refractivity contribution in [2.24, 2.45) is 0 Å². The number of carbonyl (C=O) groups excluding carboxylic acids is 1. The van der Waals surface area contributed by atoms with Crippen LogP contribution in [0.3, 0.4) is 0 Å². The second-order valence-corrected chi connectivity index (χ2v) is 8.17. The minimum Gasteiger partial charge on any atom is -0.387 e. The largest absolute Gasteiger partial charge is 0.387 e. The fourth-order valence-electron chi connectivity index (χ4n) is 3.01. The Kier molecular flexibility index (Phi) is 7.35. The molecule has 0 aliphatic carbocycles. The number of anilines is 2. The van der Waals surface area contributed by atoms with E-state index in [0.29, 0.717) is 11.7 Å². The zero-order chi connectivity index (χ0) is 20.6. The molecule has 0 saturated heterocycles. The summed E-state index contributed by atoms with van der Waals surface area (Å²) in [5.41, 5.74) is 8.47. The van der Waals surface area contributed by atoms with Gasteiger partial charge in [0, 0.05) is 29.9 Å². The summed E-state index contributed by atoms with van der Waals surface area (Å²) in [4.78, 5) is 19.0. The molecular weight excluding hydrogens is 384 g/mol. The topological polar surface area (TPSA) is 91.5 Å². The van der Waals surface area contributed by atoms with Crippen LogP contribution in [0.15, 0.2) is 60.8 Å². The van der Waals surface area contributed by atoms with Crippen LogP contribution in [-0.2, 0) is 17.6 Å². The monoisotopic (exact) mass is 410 g/mol. The van der Waals surface area contributed by atoms with Crippen LogP contribution in [0.4, 0.5) is 10.8 Å². The maximum Gasteiger partial charge on any atom is 0.229 e. The number of nitrogens with one attached hydrogen (secondary N) is 1. The number of carbonyl (C=O) groups is 1. The SMILES string of the molecule is CN(CCc1ccc(NC(=O)Cc2cnc(N)s2)cc1)C[C@H](O)c1ccccc1. The Morgan fingerprint density at radius 3 is 2.59 bits per heavy atom. The van der Waals surface area contributed by atoms with E-state index in [1.807, 2.05) is 61.6 Å². The molecule has 3 rings (SSSR count). The number of thiazole rings is 1. The van der Waals surface area contributed by atoms with Crippen LogP contribution in [0, 0.1) is 0 Å². The fraction of sp³-hybridized carbons (Fsp3) is 0.273. The number of rotatable bonds is 9. The van der Waals surface area contributed by atoms with Gasteiger partial charge in [-0.2, -0.15) is 0 Å². The lowest BCUT2D eigenvalue weighted by Crippen LogP contribution is -2.26. The van der Waals surface area contributed by atoms with Crippen molar-refractivity contribution in [3.05, 3.63) is 76.8 Å². The molecule has 29 heavy (non-hydrogen) atoms. The second-order valence-electron chi connectivity index (χ2n) is 7.03. The van der Waals surface area contributed by atoms with E-state index < -0.39 is 6.10 Å². The van der Waals surface area contributed by atoms with Crippen LogP contribution < -0.4 is 11.1 Å². The maximum absolute atomic E-state index is 12.1. The van der Waals surface area contributed by atoms with Crippen molar-refractivity contribution in [1.82, 2.24) is 9.88 Å². The molecular formula is C22H26N4O2S. The van der Waals surface area contributed by atoms with E-state index in [1.165, 1.54) is 16.9 Å². The quantitative estimate of drug-likeness (QED) is 0.504. The normalized spacial score (nSPS) is 12.1. The van der Waals surface area contributed by atoms with Crippen molar-refractivity contribution >= 4 is 28.1 Å². The highest BCUT2D eigenvalue weighted by molar-refractivity contribution is 7.15. The Labute approximate surface area is 175 Å². The standard InChI is InChI=1S/C22H26N4O2S/c1-26(15-20(27)17-5-3-2-4-6-17)12-11-16-7-9-18(10-8-16)25-21(28)13-19-14-24-22(23)29-19/h2-10,14,20,27H,11-13,15H2,1H3,(H2,23,24)(H,25,28)/t20-/m0/s1. The zero-order valence-electron chi connectivity index (χ0n) is 16.4. The Morgan fingerprint density at radius 1 is 1.21 bits per heavy atom. The summed E-state index contributed by atoms with van der Waals surface area (Å²) in [5.74, 6) is -0.0870. The van der Waals surface area contributed by atoms with Crippen LogP contribution in [0.25, 0.3) is 0 Å². The Hall–Kier alpha value is -2.74. The lowest BCUT2D eigenvalue weighted by molar-refractivity contribution is -0.115. The van der Waals surface area contributed by atoms with E-state index in [4.69, 9.17) is 5.73 Å². The number of aromatic nitrogens is 1. The number of benzene rings is 2. The van der Waals surface area contributed by atoms with Gasteiger partial charge in [-0.3, -0.25) is 4.79 Å². The molecule has 0 bridgehead atoms. The van der Waals surface area contributed by atoms with Gasteiger partial charge in [0.05, 0.1) is 12.5 Å². The molecule has 0 aliphatic heterocycles. The van der Waals surface area contributed by atoms with Crippen molar-refractivity contribution in [2.75, 3.05) is 31.2 Å². The molecule has 7 heteroatoms. The minimum atomic E-state index is -0.493. The van der Waals surface area contributed by atoms with Gasteiger partial charge in [-0.1, -0.05) is 42.5 Å². The number of nitrogens with two attached hydrogens (primary N) is 1. The number of likely N-dealkylation sites (N-methyl/N-ethyl adjacent to an activating group) is 1. The molecule has 2 aromatic carbocycles. The van der Waals surface area contributed by atoms with E-state index in [9.17, 15) is 9.90 Å². The molecule has 0 aliphatic rings. The average molecular weight is 411 g/mol. The van der Waals surface area contributed by atoms with E-state index in [1.54, 1.807) is 6.20 Å². The smallest absolute Gasteiger partial charge is 0.229 e. The number of aliphatic hydroxyl groups excluding tert-OH is 1. The molecule has 6 nitrogen and oxygen atoms in total. The first-order chi connectivity index (χ1) is 14.0. The molecule has 1 heterocycles. The molecule has 152 valence electrons. The van der Waals surface area contributed by atoms with Crippen molar-refractivity contribution in [1.29, 1.82) is 0 Å². The molecule has 0 radical (unpaired) electrons. The predicted octanol–water partition coefficient (Wildman–Crippen LogP) is 3.11. The molecule has 1 atom stereocenters. The van der Waals surface area contributed by atoms with Crippen LogP contribution in [0.5, 0.6) is 0 Å². The van der Waals surface area contributed by atoms with E-state index in [2.05, 4.69) is 15.2 Å². The van der Waals surface area contributed by atoms with Gasteiger partial charge < -0.3 is 21.1 Å². The first-order valence-electron chi connectivity index (χ1n) is 9.50. The lowest BCUT2D eigenvalue weighted by atomic mass is 10.1. The second kappa shape index (κ2) is 10.2. The van der Waals surface area contributed by atoms with Crippen molar-refractivity contribution in [2.45, 2.75) is 18.9 Å². The third-order valence-electron chi connectivity index (χ3n) is 4.60. The molecule has 0 spiro atoms. The van der Waals surface area contributed by atoms with Crippen LogP contribution in [0.2, 0.25) is 0 Å². The zero-order valence-corrected chi connectivity index (χ0v) is 17.2. The van der Waals surface area contributed by atoms with E-state index in [-0.39, 0.29) is 12.3 Å². The number of hydrogen-bond acceptors (Lipinski definition) is 6. The number of amides is 1. The van der Waals surface area contributed by atoms with Crippen LogP contribution in [-0.4, -0.2) is 41.0 Å². The predicted molar refractivity (Wildman–Crippen MR) is 118 cm³/mol. The first-order valence-corrected chi connectivity index (χ1v) is 10.3. The average Bonchev–Trinajstić information content (AvgIpc) is 3.12. The summed E-state index contributed by atoms with van der Waals surface area (Å²) >= 11 is 1.32. The van der Waals surface area contributed by atoms with Gasteiger partial charge in [0.1, 0.15) is 0 Å². The van der Waals surface area contributed by atoms with Gasteiger partial charge in [-0.15, -0.1) is 11.3 Å². The molecule has 0 saturated carbocycles. The third kappa shape index (κ3) is 6.67. The van der Waals surface area contributed by atoms with Gasteiger partial charge >= 0.3 is 0 Å². The first kappa shape index (κ1) is 21.0. The van der Waals surface area contributed by atoms with Gasteiger partial charge in [-0.05, 0) is 36.7 Å². The molecule has 0 unspecified atom stereocenters. The van der Waals surface area contributed by atoms with Crippen LogP contribution in [0.1, 0.15) is 22.1 Å². The van der Waals surface area contributed by atoms with Gasteiger partial charge in [-0.25, -0.2) is 4.98 Å². The summed E-state index contributed by atoms with van der Waals surface area (Å²) in [5, 5.41) is 13.7. The summed E-state index contributed by atoms with van der Waals surface area (Å²) in [6.45, 7) is 1.42. The number of hydrogen-bond donors (Lipinski definition) is 3. The van der Waals surface area contributed by atoms with Gasteiger partial charge in [0.15, 0.2) is 5.13 Å².